The molecule has 30 heavy (non-hydrogen) atoms. The number of alkyl halides is 3. The highest BCUT2D eigenvalue weighted by Crippen LogP contribution is 2.38. The molecule has 6 heteroatoms. The Morgan fingerprint density at radius 2 is 1.47 bits per heavy atom. The summed E-state index contributed by atoms with van der Waals surface area (Å²) in [6, 6.07) is 21.3. The van der Waals surface area contributed by atoms with Gasteiger partial charge in [-0.2, -0.15) is 13.2 Å². The zero-order valence-electron chi connectivity index (χ0n) is 16.3. The van der Waals surface area contributed by atoms with Crippen molar-refractivity contribution in [3.8, 4) is 11.1 Å². The number of benzene rings is 3. The van der Waals surface area contributed by atoms with Crippen molar-refractivity contribution in [1.82, 2.24) is 10.2 Å². The van der Waals surface area contributed by atoms with E-state index in [1.54, 1.807) is 0 Å². The summed E-state index contributed by atoms with van der Waals surface area (Å²) in [5, 5.41) is 3.64. The molecule has 1 atom stereocenters. The first-order chi connectivity index (χ1) is 14.4. The lowest BCUT2D eigenvalue weighted by Crippen LogP contribution is -2.45. The van der Waals surface area contributed by atoms with Gasteiger partial charge < -0.3 is 5.32 Å². The van der Waals surface area contributed by atoms with Crippen LogP contribution in [0.1, 0.15) is 22.7 Å². The lowest BCUT2D eigenvalue weighted by Gasteiger charge is -2.36. The molecule has 3 aromatic carbocycles. The fourth-order valence-electron chi connectivity index (χ4n) is 3.95. The zero-order chi connectivity index (χ0) is 21.1. The van der Waals surface area contributed by atoms with Crippen molar-refractivity contribution in [2.75, 3.05) is 26.2 Å². The molecule has 0 saturated carbocycles. The molecule has 0 spiro atoms. The minimum absolute atomic E-state index is 0.341. The fraction of sp³-hybridized carbons (Fsp3) is 0.250. The molecule has 1 saturated heterocycles. The van der Waals surface area contributed by atoms with Crippen molar-refractivity contribution in [3.63, 3.8) is 0 Å². The highest BCUT2D eigenvalue weighted by Gasteiger charge is 2.33. The van der Waals surface area contributed by atoms with Crippen LogP contribution in [0.2, 0.25) is 5.02 Å². The van der Waals surface area contributed by atoms with E-state index in [2.05, 4.69) is 10.2 Å². The molecule has 2 nitrogen and oxygen atoms in total. The number of rotatable bonds is 4. The summed E-state index contributed by atoms with van der Waals surface area (Å²) >= 11 is 6.43. The SMILES string of the molecule is FC(F)(F)c1ccc(Cl)c(C(c2ccc(-c3ccccc3)cc2)N2CCNCC2)c1. The van der Waals surface area contributed by atoms with Crippen LogP contribution in [0.3, 0.4) is 0 Å². The predicted octanol–water partition coefficient (Wildman–Crippen LogP) is 6.02. The highest BCUT2D eigenvalue weighted by molar-refractivity contribution is 6.31. The maximum absolute atomic E-state index is 13.4. The molecule has 4 rings (SSSR count). The average Bonchev–Trinajstić information content (AvgIpc) is 2.76. The highest BCUT2D eigenvalue weighted by atomic mass is 35.5. The van der Waals surface area contributed by atoms with Crippen LogP contribution in [0.15, 0.2) is 72.8 Å². The van der Waals surface area contributed by atoms with Crippen molar-refractivity contribution >= 4 is 11.6 Å². The second-order valence-corrected chi connectivity index (χ2v) is 7.82. The number of nitrogens with one attached hydrogen (secondary N) is 1. The van der Waals surface area contributed by atoms with E-state index in [4.69, 9.17) is 11.6 Å². The maximum Gasteiger partial charge on any atom is 0.416 e. The second-order valence-electron chi connectivity index (χ2n) is 7.41. The first kappa shape index (κ1) is 20.9. The molecular weight excluding hydrogens is 409 g/mol. The summed E-state index contributed by atoms with van der Waals surface area (Å²) in [6.07, 6.45) is -4.41. The molecule has 1 fully saturated rings. The van der Waals surface area contributed by atoms with Gasteiger partial charge in [-0.25, -0.2) is 0 Å². The molecule has 156 valence electrons. The van der Waals surface area contributed by atoms with E-state index in [-0.39, 0.29) is 6.04 Å². The van der Waals surface area contributed by atoms with Crippen LogP contribution in [0.5, 0.6) is 0 Å². The Morgan fingerprint density at radius 3 is 2.10 bits per heavy atom. The van der Waals surface area contributed by atoms with Gasteiger partial charge in [-0.05, 0) is 40.5 Å². The number of hydrogen-bond acceptors (Lipinski definition) is 2. The number of halogens is 4. The van der Waals surface area contributed by atoms with Gasteiger partial charge in [0.15, 0.2) is 0 Å². The van der Waals surface area contributed by atoms with Gasteiger partial charge in [0.2, 0.25) is 0 Å². The predicted molar refractivity (Wildman–Crippen MR) is 115 cm³/mol. The van der Waals surface area contributed by atoms with Crippen molar-refractivity contribution in [2.45, 2.75) is 12.2 Å². The van der Waals surface area contributed by atoms with Crippen LogP contribution in [0.4, 0.5) is 13.2 Å². The van der Waals surface area contributed by atoms with Gasteiger partial charge in [-0.15, -0.1) is 0 Å². The molecule has 1 N–H and O–H groups in total. The van der Waals surface area contributed by atoms with Crippen molar-refractivity contribution in [2.24, 2.45) is 0 Å². The molecule has 1 aliphatic heterocycles. The zero-order valence-corrected chi connectivity index (χ0v) is 17.0. The van der Waals surface area contributed by atoms with Gasteiger partial charge >= 0.3 is 6.18 Å². The Kier molecular flexibility index (Phi) is 6.14. The van der Waals surface area contributed by atoms with E-state index in [1.165, 1.54) is 12.1 Å². The molecule has 0 bridgehead atoms. The lowest BCUT2D eigenvalue weighted by molar-refractivity contribution is -0.137. The molecule has 3 aromatic rings. The quantitative estimate of drug-likeness (QED) is 0.544. The average molecular weight is 431 g/mol. The topological polar surface area (TPSA) is 15.3 Å². The van der Waals surface area contributed by atoms with Crippen LogP contribution < -0.4 is 5.32 Å². The van der Waals surface area contributed by atoms with Crippen LogP contribution in [-0.4, -0.2) is 31.1 Å². The van der Waals surface area contributed by atoms with Crippen LogP contribution in [-0.2, 0) is 6.18 Å². The first-order valence-electron chi connectivity index (χ1n) is 9.90. The Morgan fingerprint density at radius 1 is 0.833 bits per heavy atom. The molecule has 0 amide bonds. The molecule has 0 aromatic heterocycles. The van der Waals surface area contributed by atoms with Gasteiger partial charge in [0.1, 0.15) is 0 Å². The summed E-state index contributed by atoms with van der Waals surface area (Å²) in [5.41, 5.74) is 2.90. The first-order valence-corrected chi connectivity index (χ1v) is 10.3. The monoisotopic (exact) mass is 430 g/mol. The Bertz CT molecular complexity index is 982. The van der Waals surface area contributed by atoms with E-state index in [1.807, 2.05) is 54.6 Å². The fourth-order valence-corrected chi connectivity index (χ4v) is 4.17. The van der Waals surface area contributed by atoms with E-state index in [0.29, 0.717) is 10.6 Å². The lowest BCUT2D eigenvalue weighted by atomic mass is 9.93. The number of piperazine rings is 1. The van der Waals surface area contributed by atoms with E-state index >= 15 is 0 Å². The van der Waals surface area contributed by atoms with Crippen LogP contribution in [0.25, 0.3) is 11.1 Å². The molecule has 1 unspecified atom stereocenters. The van der Waals surface area contributed by atoms with Gasteiger partial charge in [0.25, 0.3) is 0 Å². The van der Waals surface area contributed by atoms with Gasteiger partial charge in [-0.3, -0.25) is 4.90 Å². The summed E-state index contributed by atoms with van der Waals surface area (Å²) in [5.74, 6) is 0. The number of nitrogens with zero attached hydrogens (tertiary/aromatic N) is 1. The maximum atomic E-state index is 13.4. The second kappa shape index (κ2) is 8.80. The Labute approximate surface area is 179 Å². The standard InChI is InChI=1S/C24H22ClF3N2/c25-22-11-10-20(24(26,27)28)16-21(22)23(30-14-12-29-13-15-30)19-8-6-18(7-9-19)17-4-2-1-3-5-17/h1-11,16,23,29H,12-15H2. The van der Waals surface area contributed by atoms with Gasteiger partial charge in [0, 0.05) is 31.2 Å². The van der Waals surface area contributed by atoms with Gasteiger partial charge in [-0.1, -0.05) is 66.2 Å². The molecular formula is C24H22ClF3N2. The van der Waals surface area contributed by atoms with Crippen LogP contribution >= 0.6 is 11.6 Å². The minimum Gasteiger partial charge on any atom is -0.314 e. The summed E-state index contributed by atoms with van der Waals surface area (Å²) in [6.45, 7) is 3.04. The summed E-state index contributed by atoms with van der Waals surface area (Å²) in [4.78, 5) is 2.19. The van der Waals surface area contributed by atoms with Crippen LogP contribution in [0, 0.1) is 0 Å². The molecule has 1 aliphatic rings. The van der Waals surface area contributed by atoms with E-state index in [9.17, 15) is 13.2 Å². The van der Waals surface area contributed by atoms with Gasteiger partial charge in [0.05, 0.1) is 11.6 Å². The molecule has 1 heterocycles. The third-order valence-corrected chi connectivity index (χ3v) is 5.81. The largest absolute Gasteiger partial charge is 0.416 e. The third kappa shape index (κ3) is 4.53. The van der Waals surface area contributed by atoms with E-state index < -0.39 is 11.7 Å². The van der Waals surface area contributed by atoms with Crippen molar-refractivity contribution < 1.29 is 13.2 Å². The summed E-state index contributed by atoms with van der Waals surface area (Å²) in [7, 11) is 0. The van der Waals surface area contributed by atoms with E-state index in [0.717, 1.165) is 48.9 Å². The molecule has 0 aliphatic carbocycles. The minimum atomic E-state index is -4.41. The Balaban J connectivity index is 1.76. The Hall–Kier alpha value is -2.34. The summed E-state index contributed by atoms with van der Waals surface area (Å²) < 4.78 is 40.1. The number of hydrogen-bond donors (Lipinski definition) is 1. The molecule has 0 radical (unpaired) electrons. The smallest absolute Gasteiger partial charge is 0.314 e. The third-order valence-electron chi connectivity index (χ3n) is 5.47. The van der Waals surface area contributed by atoms with Crippen molar-refractivity contribution in [3.05, 3.63) is 94.5 Å². The normalized spacial score (nSPS) is 16.4. The van der Waals surface area contributed by atoms with Crippen molar-refractivity contribution in [1.29, 1.82) is 0 Å².